The summed E-state index contributed by atoms with van der Waals surface area (Å²) in [5.74, 6) is 0. The van der Waals surface area contributed by atoms with E-state index in [4.69, 9.17) is 5.73 Å². The third-order valence-electron chi connectivity index (χ3n) is 1.50. The van der Waals surface area contributed by atoms with Gasteiger partial charge in [0.05, 0.1) is 6.61 Å². The number of hydrogen-bond donors (Lipinski definition) is 2. The van der Waals surface area contributed by atoms with Crippen molar-refractivity contribution in [1.29, 1.82) is 0 Å². The lowest BCUT2D eigenvalue weighted by molar-refractivity contribution is -0.128. The van der Waals surface area contributed by atoms with Crippen LogP contribution in [0.1, 0.15) is 19.8 Å². The fraction of sp³-hybridized carbons (Fsp3) is 0.875. The van der Waals surface area contributed by atoms with Gasteiger partial charge < -0.3 is 15.8 Å². The molecule has 4 heteroatoms. The van der Waals surface area contributed by atoms with Gasteiger partial charge in [0.25, 0.3) is 6.47 Å². The molecule has 1 aliphatic rings. The molecule has 0 radical (unpaired) electrons. The predicted molar refractivity (Wildman–Crippen MR) is 47.8 cm³/mol. The average molecular weight is 174 g/mol. The first kappa shape index (κ1) is 11.4. The molecule has 0 aromatic carbocycles. The zero-order valence-electron chi connectivity index (χ0n) is 7.58. The lowest BCUT2D eigenvalue weighted by Gasteiger charge is -2.21. The highest BCUT2D eigenvalue weighted by Crippen LogP contribution is 1.83. The summed E-state index contributed by atoms with van der Waals surface area (Å²) in [5, 5.41) is 3.04. The summed E-state index contributed by atoms with van der Waals surface area (Å²) in [6, 6.07) is 0.454. The van der Waals surface area contributed by atoms with Crippen molar-refractivity contribution < 1.29 is 9.53 Å². The lowest BCUT2D eigenvalue weighted by Crippen LogP contribution is -2.52. The van der Waals surface area contributed by atoms with Gasteiger partial charge >= 0.3 is 0 Å². The highest BCUT2D eigenvalue weighted by atomic mass is 16.5. The fourth-order valence-corrected chi connectivity index (χ4v) is 0.587. The SMILES string of the molecule is CCCCOC=O.NC1CNC1. The third-order valence-corrected chi connectivity index (χ3v) is 1.50. The number of unbranched alkanes of at least 4 members (excludes halogenated alkanes) is 1. The average Bonchev–Trinajstić information content (AvgIpc) is 2.03. The van der Waals surface area contributed by atoms with Crippen LogP contribution in [0.4, 0.5) is 0 Å². The molecule has 1 fully saturated rings. The van der Waals surface area contributed by atoms with E-state index in [1.807, 2.05) is 6.92 Å². The lowest BCUT2D eigenvalue weighted by atomic mass is 10.2. The molecule has 0 unspecified atom stereocenters. The van der Waals surface area contributed by atoms with Gasteiger partial charge in [-0.1, -0.05) is 13.3 Å². The summed E-state index contributed by atoms with van der Waals surface area (Å²) >= 11 is 0. The second kappa shape index (κ2) is 8.49. The van der Waals surface area contributed by atoms with Crippen LogP contribution in [0.25, 0.3) is 0 Å². The standard InChI is InChI=1S/C5H10O2.C3H8N2/c1-2-3-4-7-5-6;4-3-1-5-2-3/h5H,2-4H2,1H3;3,5H,1-2,4H2. The third kappa shape index (κ3) is 7.50. The van der Waals surface area contributed by atoms with E-state index < -0.39 is 0 Å². The topological polar surface area (TPSA) is 64.3 Å². The summed E-state index contributed by atoms with van der Waals surface area (Å²) in [6.45, 7) is 5.13. The first-order chi connectivity index (χ1) is 5.81. The molecule has 1 saturated heterocycles. The smallest absolute Gasteiger partial charge is 0.293 e. The molecule has 72 valence electrons. The van der Waals surface area contributed by atoms with E-state index in [1.165, 1.54) is 0 Å². The van der Waals surface area contributed by atoms with Crippen molar-refractivity contribution in [3.05, 3.63) is 0 Å². The quantitative estimate of drug-likeness (QED) is 0.460. The molecule has 0 atom stereocenters. The summed E-state index contributed by atoms with van der Waals surface area (Å²) in [5.41, 5.74) is 5.32. The van der Waals surface area contributed by atoms with Gasteiger partial charge in [0, 0.05) is 19.1 Å². The Morgan fingerprint density at radius 1 is 1.67 bits per heavy atom. The minimum atomic E-state index is 0.454. The van der Waals surface area contributed by atoms with Gasteiger partial charge in [0.2, 0.25) is 0 Å². The van der Waals surface area contributed by atoms with Gasteiger partial charge in [-0.25, -0.2) is 0 Å². The number of hydrogen-bond acceptors (Lipinski definition) is 4. The first-order valence-corrected chi connectivity index (χ1v) is 4.32. The first-order valence-electron chi connectivity index (χ1n) is 4.32. The van der Waals surface area contributed by atoms with E-state index in [1.54, 1.807) is 0 Å². The largest absolute Gasteiger partial charge is 0.468 e. The maximum atomic E-state index is 9.46. The van der Waals surface area contributed by atoms with E-state index in [9.17, 15) is 4.79 Å². The van der Waals surface area contributed by atoms with Crippen molar-refractivity contribution in [3.8, 4) is 0 Å². The summed E-state index contributed by atoms with van der Waals surface area (Å²) in [7, 11) is 0. The van der Waals surface area contributed by atoms with Crippen LogP contribution < -0.4 is 11.1 Å². The molecule has 0 aliphatic carbocycles. The molecule has 0 aromatic heterocycles. The number of nitrogens with two attached hydrogens (primary N) is 1. The van der Waals surface area contributed by atoms with Crippen LogP contribution in [0, 0.1) is 0 Å². The second-order valence-electron chi connectivity index (χ2n) is 2.74. The van der Waals surface area contributed by atoms with Crippen LogP contribution in [0.5, 0.6) is 0 Å². The number of nitrogens with one attached hydrogen (secondary N) is 1. The molecule has 1 aliphatic heterocycles. The zero-order valence-corrected chi connectivity index (χ0v) is 7.58. The molecule has 0 aromatic rings. The predicted octanol–water partition coefficient (Wildman–Crippen LogP) is -0.124. The molecule has 3 N–H and O–H groups in total. The molecule has 1 heterocycles. The van der Waals surface area contributed by atoms with Crippen LogP contribution in [-0.4, -0.2) is 32.2 Å². The number of carbonyl (C=O) groups is 1. The highest BCUT2D eigenvalue weighted by molar-refractivity contribution is 5.36. The van der Waals surface area contributed by atoms with E-state index in [2.05, 4.69) is 10.1 Å². The molecular formula is C8H18N2O2. The molecule has 0 spiro atoms. The minimum absolute atomic E-state index is 0.454. The number of carbonyl (C=O) groups excluding carboxylic acids is 1. The van der Waals surface area contributed by atoms with Crippen LogP contribution in [0.3, 0.4) is 0 Å². The van der Waals surface area contributed by atoms with Crippen LogP contribution in [-0.2, 0) is 9.53 Å². The van der Waals surface area contributed by atoms with Crippen LogP contribution in [0.2, 0.25) is 0 Å². The Balaban J connectivity index is 0.000000211. The Hall–Kier alpha value is -0.610. The van der Waals surface area contributed by atoms with Gasteiger partial charge in [-0.2, -0.15) is 0 Å². The fourth-order valence-electron chi connectivity index (χ4n) is 0.587. The second-order valence-corrected chi connectivity index (χ2v) is 2.74. The maximum Gasteiger partial charge on any atom is 0.293 e. The summed E-state index contributed by atoms with van der Waals surface area (Å²) in [6.07, 6.45) is 2.05. The van der Waals surface area contributed by atoms with Crippen molar-refractivity contribution >= 4 is 6.47 Å². The number of ether oxygens (including phenoxy) is 1. The zero-order chi connectivity index (χ0) is 9.23. The molecule has 12 heavy (non-hydrogen) atoms. The van der Waals surface area contributed by atoms with Gasteiger partial charge in [0.15, 0.2) is 0 Å². The minimum Gasteiger partial charge on any atom is -0.468 e. The van der Waals surface area contributed by atoms with Gasteiger partial charge in [0.1, 0.15) is 0 Å². The van der Waals surface area contributed by atoms with E-state index in [-0.39, 0.29) is 0 Å². The van der Waals surface area contributed by atoms with E-state index in [0.29, 0.717) is 19.1 Å². The van der Waals surface area contributed by atoms with E-state index >= 15 is 0 Å². The molecule has 0 bridgehead atoms. The maximum absolute atomic E-state index is 9.46. The normalized spacial score (nSPS) is 15.5. The Morgan fingerprint density at radius 3 is 2.50 bits per heavy atom. The molecule has 1 rings (SSSR count). The summed E-state index contributed by atoms with van der Waals surface area (Å²) < 4.78 is 4.39. The van der Waals surface area contributed by atoms with Crippen LogP contribution in [0.15, 0.2) is 0 Å². The summed E-state index contributed by atoms with van der Waals surface area (Å²) in [4.78, 5) is 9.46. The Kier molecular flexibility index (Phi) is 8.05. The van der Waals surface area contributed by atoms with Crippen molar-refractivity contribution in [2.75, 3.05) is 19.7 Å². The Morgan fingerprint density at radius 2 is 2.25 bits per heavy atom. The molecular weight excluding hydrogens is 156 g/mol. The van der Waals surface area contributed by atoms with Crippen molar-refractivity contribution in [2.45, 2.75) is 25.8 Å². The van der Waals surface area contributed by atoms with E-state index in [0.717, 1.165) is 25.9 Å². The number of rotatable bonds is 4. The van der Waals surface area contributed by atoms with Gasteiger partial charge in [-0.15, -0.1) is 0 Å². The van der Waals surface area contributed by atoms with Crippen LogP contribution >= 0.6 is 0 Å². The van der Waals surface area contributed by atoms with Crippen molar-refractivity contribution in [2.24, 2.45) is 5.73 Å². The molecule has 0 amide bonds. The Bertz CT molecular complexity index is 105. The molecule has 0 saturated carbocycles. The monoisotopic (exact) mass is 174 g/mol. The van der Waals surface area contributed by atoms with Gasteiger partial charge in [-0.05, 0) is 6.42 Å². The van der Waals surface area contributed by atoms with Crippen molar-refractivity contribution in [1.82, 2.24) is 5.32 Å². The van der Waals surface area contributed by atoms with Gasteiger partial charge in [-0.3, -0.25) is 4.79 Å². The highest BCUT2D eigenvalue weighted by Gasteiger charge is 2.08. The van der Waals surface area contributed by atoms with Crippen molar-refractivity contribution in [3.63, 3.8) is 0 Å². The molecule has 4 nitrogen and oxygen atoms in total. The Labute approximate surface area is 73.5 Å².